The van der Waals surface area contributed by atoms with Crippen LogP contribution in [0.5, 0.6) is 5.75 Å². The van der Waals surface area contributed by atoms with Crippen LogP contribution in [0.1, 0.15) is 17.2 Å². The summed E-state index contributed by atoms with van der Waals surface area (Å²) in [6.07, 6.45) is 0. The lowest BCUT2D eigenvalue weighted by atomic mass is 10.2. The highest BCUT2D eigenvalue weighted by Gasteiger charge is 2.13. The fourth-order valence-electron chi connectivity index (χ4n) is 3.05. The highest BCUT2D eigenvalue weighted by atomic mass is 16.3. The van der Waals surface area contributed by atoms with Gasteiger partial charge in [0.2, 0.25) is 0 Å². The largest absolute Gasteiger partial charge is 0.506 e. The van der Waals surface area contributed by atoms with E-state index in [0.29, 0.717) is 17.3 Å². The molecule has 6 heteroatoms. The molecule has 0 aliphatic rings. The van der Waals surface area contributed by atoms with Crippen LogP contribution in [0.25, 0.3) is 22.8 Å². The molecule has 0 amide bonds. The van der Waals surface area contributed by atoms with Crippen molar-refractivity contribution in [2.75, 3.05) is 0 Å². The first kappa shape index (κ1) is 16.1. The van der Waals surface area contributed by atoms with Gasteiger partial charge in [-0.2, -0.15) is 5.10 Å². The van der Waals surface area contributed by atoms with Gasteiger partial charge >= 0.3 is 0 Å². The van der Waals surface area contributed by atoms with Crippen LogP contribution in [-0.2, 0) is 0 Å². The zero-order chi connectivity index (χ0) is 18.3. The van der Waals surface area contributed by atoms with E-state index in [2.05, 4.69) is 15.2 Å². The molecular formula is C20H19N5O. The Kier molecular flexibility index (Phi) is 3.80. The molecule has 2 aromatic carbocycles. The molecule has 0 bridgehead atoms. The molecule has 0 aliphatic carbocycles. The first-order valence-electron chi connectivity index (χ1n) is 8.39. The lowest BCUT2D eigenvalue weighted by Crippen LogP contribution is -2.00. The van der Waals surface area contributed by atoms with E-state index in [1.54, 1.807) is 16.8 Å². The van der Waals surface area contributed by atoms with E-state index < -0.39 is 0 Å². The van der Waals surface area contributed by atoms with Crippen molar-refractivity contribution < 1.29 is 5.11 Å². The molecule has 6 nitrogen and oxygen atoms in total. The predicted octanol–water partition coefficient (Wildman–Crippen LogP) is 3.75. The molecule has 2 heterocycles. The number of aromatic hydroxyl groups is 1. The molecule has 0 aliphatic heterocycles. The van der Waals surface area contributed by atoms with Gasteiger partial charge in [0.1, 0.15) is 17.3 Å². The van der Waals surface area contributed by atoms with Crippen LogP contribution >= 0.6 is 0 Å². The highest BCUT2D eigenvalue weighted by Crippen LogP contribution is 2.25. The molecule has 0 saturated carbocycles. The average Bonchev–Trinajstić information content (AvgIpc) is 3.17. The van der Waals surface area contributed by atoms with Crippen molar-refractivity contribution in [1.82, 2.24) is 24.5 Å². The molecule has 0 spiro atoms. The number of para-hydroxylation sites is 2. The van der Waals surface area contributed by atoms with Gasteiger partial charge in [0, 0.05) is 11.3 Å². The maximum absolute atomic E-state index is 10.1. The lowest BCUT2D eigenvalue weighted by Gasteiger charge is -2.06. The first-order valence-corrected chi connectivity index (χ1v) is 8.39. The topological polar surface area (TPSA) is 68.8 Å². The molecule has 0 fully saturated rings. The number of rotatable bonds is 3. The van der Waals surface area contributed by atoms with Gasteiger partial charge in [0.05, 0.1) is 11.4 Å². The van der Waals surface area contributed by atoms with Crippen LogP contribution in [0.15, 0.2) is 54.6 Å². The number of hydrogen-bond donors (Lipinski definition) is 1. The van der Waals surface area contributed by atoms with E-state index >= 15 is 0 Å². The standard InChI is InChI=1S/C20H19N5O/c1-13-11-14(2)24(22-13)17-8-6-7-16(12-17)20-21-15(3)25(23-20)18-9-4-5-10-19(18)26/h4-12,26H,1-3H3. The summed E-state index contributed by atoms with van der Waals surface area (Å²) in [6, 6.07) is 17.1. The quantitative estimate of drug-likeness (QED) is 0.614. The number of aryl methyl sites for hydroxylation is 3. The molecule has 4 aromatic rings. The Hall–Kier alpha value is -3.41. The molecule has 0 saturated heterocycles. The van der Waals surface area contributed by atoms with Gasteiger partial charge in [-0.15, -0.1) is 5.10 Å². The van der Waals surface area contributed by atoms with Crippen LogP contribution in [0.2, 0.25) is 0 Å². The van der Waals surface area contributed by atoms with E-state index in [1.807, 2.05) is 67.9 Å². The van der Waals surface area contributed by atoms with Gasteiger partial charge in [-0.25, -0.2) is 14.3 Å². The summed E-state index contributed by atoms with van der Waals surface area (Å²) in [6.45, 7) is 5.88. The third-order valence-electron chi connectivity index (χ3n) is 4.24. The van der Waals surface area contributed by atoms with E-state index in [1.165, 1.54) is 0 Å². The number of benzene rings is 2. The molecule has 26 heavy (non-hydrogen) atoms. The summed E-state index contributed by atoms with van der Waals surface area (Å²) < 4.78 is 3.56. The Labute approximate surface area is 151 Å². The molecule has 0 unspecified atom stereocenters. The molecular weight excluding hydrogens is 326 g/mol. The predicted molar refractivity (Wildman–Crippen MR) is 99.8 cm³/mol. The van der Waals surface area contributed by atoms with Crippen LogP contribution in [0, 0.1) is 20.8 Å². The Bertz CT molecular complexity index is 1090. The van der Waals surface area contributed by atoms with Crippen molar-refractivity contribution in [3.05, 3.63) is 71.8 Å². The van der Waals surface area contributed by atoms with Gasteiger partial charge in [-0.1, -0.05) is 24.3 Å². The third kappa shape index (κ3) is 2.75. The summed E-state index contributed by atoms with van der Waals surface area (Å²) in [5.41, 5.74) is 4.52. The lowest BCUT2D eigenvalue weighted by molar-refractivity contribution is 0.470. The molecule has 4 rings (SSSR count). The molecule has 130 valence electrons. The molecule has 2 aromatic heterocycles. The number of nitrogens with zero attached hydrogens (tertiary/aromatic N) is 5. The van der Waals surface area contributed by atoms with Crippen molar-refractivity contribution in [3.8, 4) is 28.5 Å². The van der Waals surface area contributed by atoms with E-state index in [4.69, 9.17) is 0 Å². The second kappa shape index (κ2) is 6.15. The van der Waals surface area contributed by atoms with Crippen molar-refractivity contribution in [1.29, 1.82) is 0 Å². The highest BCUT2D eigenvalue weighted by molar-refractivity contribution is 5.59. The SMILES string of the molecule is Cc1cc(C)n(-c2cccc(-c3nc(C)n(-c4ccccc4O)n3)c2)n1. The molecule has 1 N–H and O–H groups in total. The summed E-state index contributed by atoms with van der Waals surface area (Å²) >= 11 is 0. The van der Waals surface area contributed by atoms with Gasteiger partial charge in [-0.3, -0.25) is 0 Å². The Morgan fingerprint density at radius 3 is 2.38 bits per heavy atom. The average molecular weight is 345 g/mol. The van der Waals surface area contributed by atoms with Crippen LogP contribution < -0.4 is 0 Å². The zero-order valence-electron chi connectivity index (χ0n) is 14.9. The van der Waals surface area contributed by atoms with Crippen LogP contribution in [0.4, 0.5) is 0 Å². The minimum atomic E-state index is 0.170. The maximum atomic E-state index is 10.1. The zero-order valence-corrected chi connectivity index (χ0v) is 14.9. The minimum Gasteiger partial charge on any atom is -0.506 e. The fraction of sp³-hybridized carbons (Fsp3) is 0.150. The van der Waals surface area contributed by atoms with Gasteiger partial charge < -0.3 is 5.11 Å². The summed E-state index contributed by atoms with van der Waals surface area (Å²) in [4.78, 5) is 4.57. The second-order valence-corrected chi connectivity index (χ2v) is 6.27. The van der Waals surface area contributed by atoms with Crippen molar-refractivity contribution in [3.63, 3.8) is 0 Å². The Morgan fingerprint density at radius 1 is 0.846 bits per heavy atom. The molecule has 0 atom stereocenters. The molecule has 0 radical (unpaired) electrons. The normalized spacial score (nSPS) is 11.0. The smallest absolute Gasteiger partial charge is 0.181 e. The second-order valence-electron chi connectivity index (χ2n) is 6.27. The fourth-order valence-corrected chi connectivity index (χ4v) is 3.05. The Morgan fingerprint density at radius 2 is 1.65 bits per heavy atom. The Balaban J connectivity index is 1.78. The van der Waals surface area contributed by atoms with Gasteiger partial charge in [0.25, 0.3) is 0 Å². The monoisotopic (exact) mass is 345 g/mol. The number of phenols is 1. The summed E-state index contributed by atoms with van der Waals surface area (Å²) in [5, 5.41) is 19.2. The van der Waals surface area contributed by atoms with Crippen molar-refractivity contribution >= 4 is 0 Å². The summed E-state index contributed by atoms with van der Waals surface area (Å²) in [7, 11) is 0. The van der Waals surface area contributed by atoms with Crippen molar-refractivity contribution in [2.45, 2.75) is 20.8 Å². The number of aromatic nitrogens is 5. The maximum Gasteiger partial charge on any atom is 0.181 e. The van der Waals surface area contributed by atoms with E-state index in [9.17, 15) is 5.11 Å². The van der Waals surface area contributed by atoms with E-state index in [-0.39, 0.29) is 5.75 Å². The first-order chi connectivity index (χ1) is 12.5. The number of hydrogen-bond acceptors (Lipinski definition) is 4. The van der Waals surface area contributed by atoms with Gasteiger partial charge in [-0.05, 0) is 51.1 Å². The van der Waals surface area contributed by atoms with Crippen LogP contribution in [0.3, 0.4) is 0 Å². The third-order valence-corrected chi connectivity index (χ3v) is 4.24. The summed E-state index contributed by atoms with van der Waals surface area (Å²) in [5.74, 6) is 1.48. The van der Waals surface area contributed by atoms with Gasteiger partial charge in [0.15, 0.2) is 5.82 Å². The minimum absolute atomic E-state index is 0.170. The van der Waals surface area contributed by atoms with Crippen LogP contribution in [-0.4, -0.2) is 29.7 Å². The van der Waals surface area contributed by atoms with E-state index in [0.717, 1.165) is 22.6 Å². The van der Waals surface area contributed by atoms with Crippen molar-refractivity contribution in [2.24, 2.45) is 0 Å². The number of phenolic OH excluding ortho intramolecular Hbond substituents is 1.